The number of hydrogen-bond donors (Lipinski definition) is 4. The van der Waals surface area contributed by atoms with Gasteiger partial charge in [-0.15, -0.1) is 0 Å². The number of aryl methyl sites for hydroxylation is 4. The van der Waals surface area contributed by atoms with Crippen molar-refractivity contribution in [3.63, 3.8) is 0 Å². The van der Waals surface area contributed by atoms with Crippen LogP contribution in [0.25, 0.3) is 22.3 Å². The van der Waals surface area contributed by atoms with Crippen LogP contribution in [0, 0.1) is 27.7 Å². The lowest BCUT2D eigenvalue weighted by Crippen LogP contribution is -1.87. The van der Waals surface area contributed by atoms with Crippen molar-refractivity contribution in [2.45, 2.75) is 68.2 Å². The summed E-state index contributed by atoms with van der Waals surface area (Å²) in [5.41, 5.74) is 8.44. The van der Waals surface area contributed by atoms with E-state index >= 15 is 0 Å². The molecule has 0 atom stereocenters. The third-order valence-electron chi connectivity index (χ3n) is 5.35. The maximum atomic E-state index is 9.47. The average Bonchev–Trinajstić information content (AvgIpc) is 2.82. The zero-order valence-electron chi connectivity index (χ0n) is 24.1. The molecular weight excluding hydrogens is 472 g/mol. The summed E-state index contributed by atoms with van der Waals surface area (Å²) in [6, 6.07) is 21.2. The van der Waals surface area contributed by atoms with Crippen LogP contribution in [0.4, 0.5) is 0 Å². The Morgan fingerprint density at radius 1 is 0.395 bits per heavy atom. The van der Waals surface area contributed by atoms with Crippen LogP contribution >= 0.6 is 0 Å². The van der Waals surface area contributed by atoms with E-state index in [0.717, 1.165) is 44.5 Å². The van der Waals surface area contributed by atoms with E-state index in [1.165, 1.54) is 12.8 Å². The molecule has 0 aliphatic rings. The molecule has 0 bridgehead atoms. The molecule has 0 saturated heterocycles. The number of benzene rings is 4. The highest BCUT2D eigenvalue weighted by Gasteiger charge is 2.08. The minimum Gasteiger partial charge on any atom is -0.508 e. The van der Waals surface area contributed by atoms with Gasteiger partial charge in [0.1, 0.15) is 23.0 Å². The summed E-state index contributed by atoms with van der Waals surface area (Å²) in [6.45, 7) is 16.4. The van der Waals surface area contributed by atoms with Crippen LogP contribution in [0.3, 0.4) is 0 Å². The molecule has 0 saturated carbocycles. The molecule has 0 aliphatic carbocycles. The fourth-order valence-corrected chi connectivity index (χ4v) is 4.05. The fourth-order valence-electron chi connectivity index (χ4n) is 4.05. The minimum absolute atomic E-state index is 0.262. The molecule has 4 rings (SSSR count). The molecule has 0 radical (unpaired) electrons. The Bertz CT molecular complexity index is 1110. The van der Waals surface area contributed by atoms with E-state index in [1.807, 2.05) is 52.0 Å². The summed E-state index contributed by atoms with van der Waals surface area (Å²) in [5, 5.41) is 37.4. The Morgan fingerprint density at radius 2 is 0.605 bits per heavy atom. The quantitative estimate of drug-likeness (QED) is 0.214. The van der Waals surface area contributed by atoms with Crippen molar-refractivity contribution >= 4 is 0 Å². The van der Waals surface area contributed by atoms with Gasteiger partial charge in [-0.25, -0.2) is 0 Å². The van der Waals surface area contributed by atoms with Crippen molar-refractivity contribution in [2.75, 3.05) is 0 Å². The Kier molecular flexibility index (Phi) is 13.5. The topological polar surface area (TPSA) is 80.9 Å². The number of aromatic hydroxyl groups is 4. The zero-order chi connectivity index (χ0) is 28.8. The number of phenolic OH excluding ortho intramolecular Hbond substituents is 4. The van der Waals surface area contributed by atoms with Gasteiger partial charge in [0, 0.05) is 0 Å². The molecule has 4 aromatic rings. The Balaban J connectivity index is 0.000000315. The first-order valence-corrected chi connectivity index (χ1v) is 13.2. The second-order valence-corrected chi connectivity index (χ2v) is 9.42. The van der Waals surface area contributed by atoms with E-state index in [4.69, 9.17) is 0 Å². The predicted octanol–water partition coefficient (Wildman–Crippen LogP) is 9.60. The third-order valence-corrected chi connectivity index (χ3v) is 5.35. The van der Waals surface area contributed by atoms with Gasteiger partial charge in [0.15, 0.2) is 0 Å². The monoisotopic (exact) mass is 516 g/mol. The SMILES string of the molecule is CCC.CCC.Cc1cc(O)cc(C)c1-c1ccc(O)cc1.Cc1cc(O)cc(C)c1-c1ccc(O)cc1. The van der Waals surface area contributed by atoms with Crippen LogP contribution in [0.15, 0.2) is 72.8 Å². The average molecular weight is 517 g/mol. The molecule has 0 aliphatic heterocycles. The summed E-state index contributed by atoms with van der Waals surface area (Å²) in [6.07, 6.45) is 2.50. The lowest BCUT2D eigenvalue weighted by molar-refractivity contribution is 0.474. The van der Waals surface area contributed by atoms with Crippen molar-refractivity contribution in [3.8, 4) is 45.3 Å². The van der Waals surface area contributed by atoms with E-state index in [1.54, 1.807) is 48.5 Å². The number of rotatable bonds is 2. The largest absolute Gasteiger partial charge is 0.508 e. The molecular formula is C34H44O4. The summed E-state index contributed by atoms with van der Waals surface area (Å²) in [5.74, 6) is 1.10. The predicted molar refractivity (Wildman–Crippen MR) is 161 cm³/mol. The minimum atomic E-state index is 0.262. The normalized spacial score (nSPS) is 9.68. The van der Waals surface area contributed by atoms with Crippen LogP contribution in [-0.2, 0) is 0 Å². The van der Waals surface area contributed by atoms with Crippen molar-refractivity contribution in [3.05, 3.63) is 95.1 Å². The maximum absolute atomic E-state index is 9.47. The molecule has 38 heavy (non-hydrogen) atoms. The summed E-state index contributed by atoms with van der Waals surface area (Å²) in [7, 11) is 0. The molecule has 0 amide bonds. The van der Waals surface area contributed by atoms with E-state index in [9.17, 15) is 20.4 Å². The molecule has 4 N–H and O–H groups in total. The van der Waals surface area contributed by atoms with Gasteiger partial charge in [0.25, 0.3) is 0 Å². The molecule has 0 aromatic heterocycles. The molecule has 4 nitrogen and oxygen atoms in total. The van der Waals surface area contributed by atoms with Crippen LogP contribution in [0.5, 0.6) is 23.0 Å². The van der Waals surface area contributed by atoms with Gasteiger partial charge in [0.05, 0.1) is 0 Å². The zero-order valence-corrected chi connectivity index (χ0v) is 24.1. The van der Waals surface area contributed by atoms with E-state index in [0.29, 0.717) is 0 Å². The van der Waals surface area contributed by atoms with Crippen LogP contribution in [0.2, 0.25) is 0 Å². The van der Waals surface area contributed by atoms with Gasteiger partial charge in [-0.3, -0.25) is 0 Å². The number of phenols is 4. The van der Waals surface area contributed by atoms with E-state index in [-0.39, 0.29) is 23.0 Å². The van der Waals surface area contributed by atoms with Crippen molar-refractivity contribution in [1.82, 2.24) is 0 Å². The standard InChI is InChI=1S/2C14H14O2.2C3H8/c2*1-9-7-13(16)8-10(2)14(9)11-3-5-12(15)6-4-11;2*1-3-2/h2*3-8,15-16H,1-2H3;2*3H2,1-2H3. The second-order valence-electron chi connectivity index (χ2n) is 9.42. The van der Waals surface area contributed by atoms with Gasteiger partial charge in [-0.1, -0.05) is 64.8 Å². The smallest absolute Gasteiger partial charge is 0.116 e. The highest BCUT2D eigenvalue weighted by molar-refractivity contribution is 5.73. The van der Waals surface area contributed by atoms with Gasteiger partial charge in [0.2, 0.25) is 0 Å². The highest BCUT2D eigenvalue weighted by atomic mass is 16.3. The van der Waals surface area contributed by atoms with E-state index in [2.05, 4.69) is 27.7 Å². The van der Waals surface area contributed by atoms with Gasteiger partial charge in [-0.2, -0.15) is 0 Å². The summed E-state index contributed by atoms with van der Waals surface area (Å²) in [4.78, 5) is 0. The van der Waals surface area contributed by atoms with Crippen LogP contribution in [0.1, 0.15) is 62.8 Å². The van der Waals surface area contributed by atoms with E-state index < -0.39 is 0 Å². The molecule has 4 aromatic carbocycles. The van der Waals surface area contributed by atoms with Gasteiger partial charge in [-0.05, 0) is 121 Å². The lowest BCUT2D eigenvalue weighted by atomic mass is 9.95. The Labute approximate surface area is 228 Å². The Morgan fingerprint density at radius 3 is 0.816 bits per heavy atom. The van der Waals surface area contributed by atoms with Crippen LogP contribution in [-0.4, -0.2) is 20.4 Å². The molecule has 0 spiro atoms. The summed E-state index contributed by atoms with van der Waals surface area (Å²) < 4.78 is 0. The molecule has 4 heteroatoms. The third kappa shape index (κ3) is 9.85. The highest BCUT2D eigenvalue weighted by Crippen LogP contribution is 2.32. The van der Waals surface area contributed by atoms with Crippen molar-refractivity contribution < 1.29 is 20.4 Å². The first kappa shape index (κ1) is 32.1. The first-order chi connectivity index (χ1) is 18.0. The van der Waals surface area contributed by atoms with Gasteiger partial charge >= 0.3 is 0 Å². The number of hydrogen-bond acceptors (Lipinski definition) is 4. The molecule has 0 heterocycles. The van der Waals surface area contributed by atoms with Gasteiger partial charge < -0.3 is 20.4 Å². The van der Waals surface area contributed by atoms with Crippen molar-refractivity contribution in [2.24, 2.45) is 0 Å². The van der Waals surface area contributed by atoms with Crippen LogP contribution < -0.4 is 0 Å². The first-order valence-electron chi connectivity index (χ1n) is 13.2. The second kappa shape index (κ2) is 16.0. The molecule has 204 valence electrons. The lowest BCUT2D eigenvalue weighted by Gasteiger charge is -2.10. The fraction of sp³-hybridized carbons (Fsp3) is 0.294. The summed E-state index contributed by atoms with van der Waals surface area (Å²) >= 11 is 0. The Hall–Kier alpha value is -3.92. The van der Waals surface area contributed by atoms with Crippen molar-refractivity contribution in [1.29, 1.82) is 0 Å². The molecule has 0 unspecified atom stereocenters. The molecule has 0 fully saturated rings. The maximum Gasteiger partial charge on any atom is 0.116 e.